The summed E-state index contributed by atoms with van der Waals surface area (Å²) in [5, 5.41) is 4.91. The van der Waals surface area contributed by atoms with Gasteiger partial charge in [0.1, 0.15) is 0 Å². The van der Waals surface area contributed by atoms with Crippen molar-refractivity contribution in [1.82, 2.24) is 10.2 Å². The van der Waals surface area contributed by atoms with Gasteiger partial charge in [-0.3, -0.25) is 14.4 Å². The van der Waals surface area contributed by atoms with Crippen LogP contribution in [0.1, 0.15) is 37.5 Å². The lowest BCUT2D eigenvalue weighted by atomic mass is 10.0. The minimum absolute atomic E-state index is 0.0745. The molecule has 6 nitrogen and oxygen atoms in total. The summed E-state index contributed by atoms with van der Waals surface area (Å²) in [4.78, 5) is 38.3. The van der Waals surface area contributed by atoms with E-state index in [1.165, 1.54) is 0 Å². The number of esters is 1. The largest absolute Gasteiger partial charge is 0.466 e. The second-order valence-electron chi connectivity index (χ2n) is 5.78. The molecule has 0 bridgehead atoms. The van der Waals surface area contributed by atoms with Gasteiger partial charge >= 0.3 is 5.97 Å². The molecular weight excluding hydrogens is 328 g/mol. The molecule has 0 unspecified atom stereocenters. The van der Waals surface area contributed by atoms with Crippen LogP contribution in [0, 0.1) is 0 Å². The number of hydrogen-bond acceptors (Lipinski definition) is 5. The van der Waals surface area contributed by atoms with Crippen LogP contribution < -0.4 is 5.32 Å². The van der Waals surface area contributed by atoms with Crippen molar-refractivity contribution in [2.45, 2.75) is 45.1 Å². The summed E-state index contributed by atoms with van der Waals surface area (Å²) < 4.78 is 4.80. The van der Waals surface area contributed by atoms with Crippen molar-refractivity contribution >= 4 is 29.1 Å². The first-order chi connectivity index (χ1) is 11.6. The number of thiophene rings is 1. The Kier molecular flexibility index (Phi) is 7.24. The van der Waals surface area contributed by atoms with Crippen molar-refractivity contribution in [3.8, 4) is 0 Å². The van der Waals surface area contributed by atoms with E-state index in [0.29, 0.717) is 26.1 Å². The number of piperidine rings is 1. The number of ether oxygens (including phenoxy) is 1. The van der Waals surface area contributed by atoms with E-state index in [9.17, 15) is 14.4 Å². The van der Waals surface area contributed by atoms with E-state index in [4.69, 9.17) is 4.74 Å². The van der Waals surface area contributed by atoms with Crippen LogP contribution in [0.2, 0.25) is 0 Å². The molecule has 1 saturated heterocycles. The molecule has 1 fully saturated rings. The molecule has 0 aromatic carbocycles. The van der Waals surface area contributed by atoms with Gasteiger partial charge in [-0.2, -0.15) is 0 Å². The Balaban J connectivity index is 1.66. The third-order valence-corrected chi connectivity index (χ3v) is 4.86. The van der Waals surface area contributed by atoms with Crippen molar-refractivity contribution in [3.05, 3.63) is 22.4 Å². The lowest BCUT2D eigenvalue weighted by Crippen LogP contribution is -2.47. The van der Waals surface area contributed by atoms with Gasteiger partial charge in [0.05, 0.1) is 19.4 Å². The maximum absolute atomic E-state index is 12.2. The molecule has 2 rings (SSSR count). The lowest BCUT2D eigenvalue weighted by Gasteiger charge is -2.32. The Morgan fingerprint density at radius 3 is 2.67 bits per heavy atom. The number of carbonyl (C=O) groups is 3. The lowest BCUT2D eigenvalue weighted by molar-refractivity contribution is -0.144. The number of nitrogens with one attached hydrogen (secondary N) is 1. The van der Waals surface area contributed by atoms with Gasteiger partial charge in [0.25, 0.3) is 0 Å². The summed E-state index contributed by atoms with van der Waals surface area (Å²) in [6.07, 6.45) is 2.21. The highest BCUT2D eigenvalue weighted by Gasteiger charge is 2.24. The minimum atomic E-state index is -0.346. The van der Waals surface area contributed by atoms with Gasteiger partial charge in [0.15, 0.2) is 0 Å². The zero-order chi connectivity index (χ0) is 17.4. The number of amides is 2. The molecule has 0 atom stereocenters. The Labute approximate surface area is 146 Å². The molecule has 0 radical (unpaired) electrons. The fraction of sp³-hybridized carbons (Fsp3) is 0.588. The molecule has 24 heavy (non-hydrogen) atoms. The zero-order valence-corrected chi connectivity index (χ0v) is 14.8. The van der Waals surface area contributed by atoms with Crippen molar-refractivity contribution < 1.29 is 19.1 Å². The number of likely N-dealkylation sites (tertiary alicyclic amines) is 1. The van der Waals surface area contributed by atoms with Crippen LogP contribution in [-0.4, -0.2) is 48.4 Å². The monoisotopic (exact) mass is 352 g/mol. The normalized spacial score (nSPS) is 15.1. The predicted molar refractivity (Wildman–Crippen MR) is 91.6 cm³/mol. The summed E-state index contributed by atoms with van der Waals surface area (Å²) in [5.74, 6) is -0.336. The highest BCUT2D eigenvalue weighted by Crippen LogP contribution is 2.15. The first-order valence-corrected chi connectivity index (χ1v) is 9.21. The van der Waals surface area contributed by atoms with E-state index < -0.39 is 0 Å². The Morgan fingerprint density at radius 1 is 1.29 bits per heavy atom. The molecule has 0 saturated carbocycles. The average Bonchev–Trinajstić information content (AvgIpc) is 3.07. The van der Waals surface area contributed by atoms with E-state index in [1.54, 1.807) is 18.3 Å². The second-order valence-corrected chi connectivity index (χ2v) is 6.82. The average molecular weight is 352 g/mol. The molecule has 0 spiro atoms. The smallest absolute Gasteiger partial charge is 0.306 e. The van der Waals surface area contributed by atoms with Gasteiger partial charge in [0.2, 0.25) is 11.8 Å². The summed E-state index contributed by atoms with van der Waals surface area (Å²) in [7, 11) is 0. The Morgan fingerprint density at radius 2 is 2.04 bits per heavy atom. The third-order valence-electron chi connectivity index (χ3n) is 3.98. The van der Waals surface area contributed by atoms with E-state index in [2.05, 4.69) is 5.32 Å². The van der Waals surface area contributed by atoms with Crippen molar-refractivity contribution in [2.75, 3.05) is 19.7 Å². The summed E-state index contributed by atoms with van der Waals surface area (Å²) >= 11 is 1.59. The van der Waals surface area contributed by atoms with Crippen LogP contribution in [-0.2, 0) is 25.5 Å². The van der Waals surface area contributed by atoms with E-state index in [1.807, 2.05) is 22.4 Å². The SMILES string of the molecule is CCOC(=O)CCC(=O)NC1CCN(C(=O)Cc2cccs2)CC1. The molecule has 1 N–H and O–H groups in total. The Hall–Kier alpha value is -1.89. The number of hydrogen-bond donors (Lipinski definition) is 1. The van der Waals surface area contributed by atoms with E-state index >= 15 is 0 Å². The molecule has 7 heteroatoms. The van der Waals surface area contributed by atoms with Gasteiger partial charge in [-0.1, -0.05) is 6.07 Å². The zero-order valence-electron chi connectivity index (χ0n) is 14.0. The summed E-state index contributed by atoms with van der Waals surface area (Å²) in [6.45, 7) is 3.39. The quantitative estimate of drug-likeness (QED) is 0.759. The van der Waals surface area contributed by atoms with E-state index in [0.717, 1.165) is 17.7 Å². The summed E-state index contributed by atoms with van der Waals surface area (Å²) in [6, 6.07) is 4.00. The molecule has 2 amide bonds. The first-order valence-electron chi connectivity index (χ1n) is 8.33. The highest BCUT2D eigenvalue weighted by molar-refractivity contribution is 7.10. The van der Waals surface area contributed by atoms with Crippen LogP contribution in [0.4, 0.5) is 0 Å². The van der Waals surface area contributed by atoms with Crippen molar-refractivity contribution in [2.24, 2.45) is 0 Å². The third kappa shape index (κ3) is 5.96. The van der Waals surface area contributed by atoms with Gasteiger partial charge in [-0.25, -0.2) is 0 Å². The number of carbonyl (C=O) groups excluding carboxylic acids is 3. The fourth-order valence-corrected chi connectivity index (χ4v) is 3.39. The van der Waals surface area contributed by atoms with Crippen LogP contribution in [0.25, 0.3) is 0 Å². The molecule has 2 heterocycles. The van der Waals surface area contributed by atoms with Crippen LogP contribution in [0.3, 0.4) is 0 Å². The van der Waals surface area contributed by atoms with Crippen LogP contribution in [0.5, 0.6) is 0 Å². The van der Waals surface area contributed by atoms with E-state index in [-0.39, 0.29) is 36.7 Å². The molecule has 1 aliphatic rings. The predicted octanol–water partition coefficient (Wildman–Crippen LogP) is 1.74. The molecule has 132 valence electrons. The van der Waals surface area contributed by atoms with Gasteiger partial charge in [-0.05, 0) is 31.2 Å². The molecular formula is C17H24N2O4S. The van der Waals surface area contributed by atoms with Crippen molar-refractivity contribution in [1.29, 1.82) is 0 Å². The number of nitrogens with zero attached hydrogens (tertiary/aromatic N) is 1. The molecule has 0 aliphatic carbocycles. The number of rotatable bonds is 7. The highest BCUT2D eigenvalue weighted by atomic mass is 32.1. The topological polar surface area (TPSA) is 75.7 Å². The van der Waals surface area contributed by atoms with Gasteiger partial charge < -0.3 is 15.0 Å². The second kappa shape index (κ2) is 9.42. The maximum atomic E-state index is 12.2. The van der Waals surface area contributed by atoms with Crippen molar-refractivity contribution in [3.63, 3.8) is 0 Å². The van der Waals surface area contributed by atoms with Crippen LogP contribution >= 0.6 is 11.3 Å². The molecule has 1 aliphatic heterocycles. The minimum Gasteiger partial charge on any atom is -0.466 e. The molecule has 1 aromatic heterocycles. The molecule has 1 aromatic rings. The standard InChI is InChI=1S/C17H24N2O4S/c1-2-23-17(22)6-5-15(20)18-13-7-9-19(10-8-13)16(21)12-14-4-3-11-24-14/h3-4,11,13H,2,5-10,12H2,1H3,(H,18,20). The first kappa shape index (κ1) is 18.4. The van der Waals surface area contributed by atoms with Gasteiger partial charge in [0, 0.05) is 30.4 Å². The van der Waals surface area contributed by atoms with Crippen LogP contribution in [0.15, 0.2) is 17.5 Å². The fourth-order valence-electron chi connectivity index (χ4n) is 2.70. The van der Waals surface area contributed by atoms with Gasteiger partial charge in [-0.15, -0.1) is 11.3 Å². The summed E-state index contributed by atoms with van der Waals surface area (Å²) in [5.41, 5.74) is 0. The maximum Gasteiger partial charge on any atom is 0.306 e. The Bertz CT molecular complexity index is 551.